The number of hydrogen-bond acceptors (Lipinski definition) is 4. The third-order valence-corrected chi connectivity index (χ3v) is 4.45. The van der Waals surface area contributed by atoms with Gasteiger partial charge in [0.1, 0.15) is 5.78 Å². The van der Waals surface area contributed by atoms with Crippen molar-refractivity contribution in [1.82, 2.24) is 0 Å². The lowest BCUT2D eigenvalue weighted by Gasteiger charge is -2.27. The molecule has 0 radical (unpaired) electrons. The third kappa shape index (κ3) is 9.15. The quantitative estimate of drug-likeness (QED) is 0.415. The van der Waals surface area contributed by atoms with Gasteiger partial charge in [0.15, 0.2) is 0 Å². The molecule has 1 saturated carbocycles. The van der Waals surface area contributed by atoms with E-state index in [1.54, 1.807) is 7.11 Å². The van der Waals surface area contributed by atoms with E-state index in [0.717, 1.165) is 12.0 Å². The van der Waals surface area contributed by atoms with Gasteiger partial charge >= 0.3 is 0 Å². The molecule has 1 aliphatic carbocycles. The van der Waals surface area contributed by atoms with E-state index in [2.05, 4.69) is 30.2 Å². The normalized spacial score (nSPS) is 22.9. The Bertz CT molecular complexity index is 347. The van der Waals surface area contributed by atoms with Crippen LogP contribution in [0.2, 0.25) is 0 Å². The standard InChI is InChI=1S/C14H22O2.CH3IOS/c1-10(2)5-4-6-11(3)13-9-12(15)7-8-14(13)16;1-3-4-2/h5-6,13-14,16H,4,7-9H2,1-3H3;1H3/b11-6+;. The summed E-state index contributed by atoms with van der Waals surface area (Å²) in [5, 5.41) is 9.86. The van der Waals surface area contributed by atoms with Crippen LogP contribution in [0.15, 0.2) is 23.3 Å². The molecule has 5 heteroatoms. The van der Waals surface area contributed by atoms with E-state index in [-0.39, 0.29) is 17.8 Å². The molecule has 0 amide bonds. The average Bonchev–Trinajstić information content (AvgIpc) is 2.41. The van der Waals surface area contributed by atoms with E-state index >= 15 is 0 Å². The highest BCUT2D eigenvalue weighted by Crippen LogP contribution is 2.28. The first-order valence-corrected chi connectivity index (χ1v) is 10.0. The number of halogens is 1. The molecule has 0 aromatic carbocycles. The van der Waals surface area contributed by atoms with E-state index < -0.39 is 0 Å². The first kappa shape index (κ1) is 20.1. The van der Waals surface area contributed by atoms with E-state index in [9.17, 15) is 9.90 Å². The fourth-order valence-corrected chi connectivity index (χ4v) is 2.09. The van der Waals surface area contributed by atoms with Crippen LogP contribution in [0.3, 0.4) is 0 Å². The Morgan fingerprint density at radius 2 is 2.05 bits per heavy atom. The Balaban J connectivity index is 0.000000796. The number of ketones is 1. The number of aliphatic hydroxyl groups excluding tert-OH is 1. The molecule has 0 aliphatic heterocycles. The number of Topliss-reactive ketones (excluding diaryl/α,β-unsaturated/α-hetero) is 1. The second-order valence-electron chi connectivity index (χ2n) is 5.15. The van der Waals surface area contributed by atoms with Crippen LogP contribution < -0.4 is 0 Å². The summed E-state index contributed by atoms with van der Waals surface area (Å²) < 4.78 is 4.44. The van der Waals surface area contributed by atoms with Gasteiger partial charge in [-0.3, -0.25) is 4.79 Å². The predicted octanol–water partition coefficient (Wildman–Crippen LogP) is 4.65. The fraction of sp³-hybridized carbons (Fsp3) is 0.667. The second kappa shape index (κ2) is 11.8. The van der Waals surface area contributed by atoms with Crippen LogP contribution in [-0.2, 0) is 8.98 Å². The SMILES string of the molecule is CC(C)=CC/C=C(\C)C1CC(=O)CCC1O.COSI. The van der Waals surface area contributed by atoms with Gasteiger partial charge < -0.3 is 9.29 Å². The Morgan fingerprint density at radius 3 is 2.55 bits per heavy atom. The number of aliphatic hydroxyl groups is 1. The van der Waals surface area contributed by atoms with Crippen LogP contribution in [-0.4, -0.2) is 24.1 Å². The largest absolute Gasteiger partial charge is 0.392 e. The highest BCUT2D eigenvalue weighted by atomic mass is 127. The molecule has 0 bridgehead atoms. The highest BCUT2D eigenvalue weighted by molar-refractivity contribution is 14.2. The van der Waals surface area contributed by atoms with Crippen LogP contribution in [0, 0.1) is 5.92 Å². The lowest BCUT2D eigenvalue weighted by Crippen LogP contribution is -2.29. The fourth-order valence-electron chi connectivity index (χ4n) is 2.09. The smallest absolute Gasteiger partial charge is 0.133 e. The van der Waals surface area contributed by atoms with Gasteiger partial charge in [-0.2, -0.15) is 0 Å². The minimum Gasteiger partial charge on any atom is -0.392 e. The number of carbonyl (C=O) groups excluding carboxylic acids is 1. The van der Waals surface area contributed by atoms with E-state index in [4.69, 9.17) is 0 Å². The summed E-state index contributed by atoms with van der Waals surface area (Å²) in [7, 11) is 2.96. The zero-order valence-corrected chi connectivity index (χ0v) is 15.7. The molecule has 1 rings (SSSR count). The summed E-state index contributed by atoms with van der Waals surface area (Å²) in [6.45, 7) is 6.16. The predicted molar refractivity (Wildman–Crippen MR) is 94.8 cm³/mol. The summed E-state index contributed by atoms with van der Waals surface area (Å²) in [5.41, 5.74) is 2.45. The van der Waals surface area contributed by atoms with E-state index in [0.29, 0.717) is 19.3 Å². The van der Waals surface area contributed by atoms with Gasteiger partial charge in [0, 0.05) is 40.0 Å². The zero-order valence-electron chi connectivity index (χ0n) is 12.7. The maximum absolute atomic E-state index is 11.4. The first-order chi connectivity index (χ1) is 9.42. The summed E-state index contributed by atoms with van der Waals surface area (Å²) >= 11 is 2.05. The van der Waals surface area contributed by atoms with E-state index in [1.165, 1.54) is 14.8 Å². The van der Waals surface area contributed by atoms with Gasteiger partial charge in [0.2, 0.25) is 0 Å². The van der Waals surface area contributed by atoms with Crippen LogP contribution in [0.1, 0.15) is 46.5 Å². The van der Waals surface area contributed by atoms with Crippen molar-refractivity contribution < 1.29 is 14.1 Å². The highest BCUT2D eigenvalue weighted by Gasteiger charge is 2.28. The van der Waals surface area contributed by atoms with Crippen LogP contribution in [0.4, 0.5) is 0 Å². The maximum Gasteiger partial charge on any atom is 0.133 e. The van der Waals surface area contributed by atoms with Crippen molar-refractivity contribution in [1.29, 1.82) is 0 Å². The number of hydrogen-bond donors (Lipinski definition) is 1. The van der Waals surface area contributed by atoms with Gasteiger partial charge in [-0.25, -0.2) is 0 Å². The molecule has 20 heavy (non-hydrogen) atoms. The third-order valence-electron chi connectivity index (χ3n) is 3.24. The number of rotatable bonds is 4. The molecule has 0 aromatic heterocycles. The number of allylic oxidation sites excluding steroid dienone is 3. The summed E-state index contributed by atoms with van der Waals surface area (Å²) in [4.78, 5) is 11.4. The topological polar surface area (TPSA) is 46.5 Å². The molecule has 2 atom stereocenters. The molecule has 3 nitrogen and oxygen atoms in total. The minimum atomic E-state index is -0.333. The van der Waals surface area contributed by atoms with Gasteiger partial charge in [0.25, 0.3) is 0 Å². The molecule has 116 valence electrons. The van der Waals surface area contributed by atoms with Gasteiger partial charge in [-0.15, -0.1) is 0 Å². The van der Waals surface area contributed by atoms with Crippen LogP contribution in [0.5, 0.6) is 0 Å². The molecule has 2 unspecified atom stereocenters. The van der Waals surface area contributed by atoms with Crippen molar-refractivity contribution in [2.75, 3.05) is 7.11 Å². The van der Waals surface area contributed by atoms with Gasteiger partial charge in [0.05, 0.1) is 22.4 Å². The zero-order chi connectivity index (χ0) is 15.5. The van der Waals surface area contributed by atoms with Crippen LogP contribution in [0.25, 0.3) is 0 Å². The molecule has 0 saturated heterocycles. The molecule has 0 heterocycles. The second-order valence-corrected chi connectivity index (χ2v) is 6.69. The lowest BCUT2D eigenvalue weighted by atomic mass is 9.81. The average molecular weight is 412 g/mol. The van der Waals surface area contributed by atoms with Crippen molar-refractivity contribution in [3.63, 3.8) is 0 Å². The molecular weight excluding hydrogens is 387 g/mol. The Labute approximate surface area is 139 Å². The summed E-state index contributed by atoms with van der Waals surface area (Å²) in [5.74, 6) is 0.331. The molecule has 1 fully saturated rings. The van der Waals surface area contributed by atoms with Gasteiger partial charge in [-0.1, -0.05) is 23.3 Å². The molecular formula is C15H25IO3S. The Hall–Kier alpha value is 0.150. The van der Waals surface area contributed by atoms with Crippen molar-refractivity contribution >= 4 is 36.2 Å². The van der Waals surface area contributed by atoms with Crippen LogP contribution >= 0.6 is 30.4 Å². The molecule has 0 aromatic rings. The van der Waals surface area contributed by atoms with Gasteiger partial charge in [-0.05, 0) is 33.6 Å². The first-order valence-electron chi connectivity index (χ1n) is 6.73. The summed E-state index contributed by atoms with van der Waals surface area (Å²) in [6, 6.07) is 0. The molecule has 1 N–H and O–H groups in total. The molecule has 0 spiro atoms. The van der Waals surface area contributed by atoms with Crippen molar-refractivity contribution in [3.05, 3.63) is 23.3 Å². The lowest BCUT2D eigenvalue weighted by molar-refractivity contribution is -0.123. The Kier molecular flexibility index (Phi) is 11.9. The number of carbonyl (C=O) groups is 1. The molecule has 1 aliphatic rings. The minimum absolute atomic E-state index is 0.0480. The van der Waals surface area contributed by atoms with Crippen molar-refractivity contribution in [2.24, 2.45) is 5.92 Å². The summed E-state index contributed by atoms with van der Waals surface area (Å²) in [6.07, 6.45) is 6.51. The van der Waals surface area contributed by atoms with E-state index in [1.807, 2.05) is 28.1 Å². The van der Waals surface area contributed by atoms with Crippen molar-refractivity contribution in [2.45, 2.75) is 52.6 Å². The van der Waals surface area contributed by atoms with Crippen molar-refractivity contribution in [3.8, 4) is 0 Å². The monoisotopic (exact) mass is 412 g/mol. The maximum atomic E-state index is 11.4. The Morgan fingerprint density at radius 1 is 1.45 bits per heavy atom.